The van der Waals surface area contributed by atoms with E-state index in [0.717, 1.165) is 24.5 Å². The molecule has 3 N–H and O–H groups in total. The van der Waals surface area contributed by atoms with Crippen LogP contribution in [0.15, 0.2) is 48.5 Å². The average Bonchev–Trinajstić information content (AvgIpc) is 3.43. The summed E-state index contributed by atoms with van der Waals surface area (Å²) in [6.45, 7) is -0.200. The summed E-state index contributed by atoms with van der Waals surface area (Å²) in [5.41, 5.74) is 6.58. The molecule has 2 aromatic carbocycles. The van der Waals surface area contributed by atoms with Crippen molar-refractivity contribution >= 4 is 5.91 Å². The van der Waals surface area contributed by atoms with Crippen molar-refractivity contribution in [3.63, 3.8) is 0 Å². The van der Waals surface area contributed by atoms with Crippen LogP contribution in [-0.4, -0.2) is 11.9 Å². The van der Waals surface area contributed by atoms with Gasteiger partial charge in [-0.1, -0.05) is 36.4 Å². The van der Waals surface area contributed by atoms with Crippen LogP contribution in [0.1, 0.15) is 24.0 Å². The predicted molar refractivity (Wildman–Crippen MR) is 89.4 cm³/mol. The summed E-state index contributed by atoms with van der Waals surface area (Å²) in [5, 5.41) is 2.55. The van der Waals surface area contributed by atoms with Gasteiger partial charge in [-0.15, -0.1) is 0 Å². The van der Waals surface area contributed by atoms with Crippen molar-refractivity contribution in [1.82, 2.24) is 5.32 Å². The zero-order valence-corrected chi connectivity index (χ0v) is 13.5. The van der Waals surface area contributed by atoms with E-state index in [2.05, 4.69) is 5.32 Å². The number of halogens is 3. The fourth-order valence-electron chi connectivity index (χ4n) is 2.80. The third-order valence-corrected chi connectivity index (χ3v) is 4.40. The topological polar surface area (TPSA) is 55.1 Å². The number of nitrogens with two attached hydrogens (primary N) is 1. The lowest BCUT2D eigenvalue weighted by molar-refractivity contribution is -0.138. The quantitative estimate of drug-likeness (QED) is 0.865. The zero-order valence-electron chi connectivity index (χ0n) is 13.5. The van der Waals surface area contributed by atoms with Crippen molar-refractivity contribution in [3.05, 3.63) is 59.7 Å². The Morgan fingerprint density at radius 1 is 1.12 bits per heavy atom. The first-order chi connectivity index (χ1) is 11.9. The summed E-state index contributed by atoms with van der Waals surface area (Å²) in [7, 11) is 0. The Morgan fingerprint density at radius 3 is 2.40 bits per heavy atom. The van der Waals surface area contributed by atoms with E-state index in [4.69, 9.17) is 5.73 Å². The fourth-order valence-corrected chi connectivity index (χ4v) is 2.80. The molecule has 1 amide bonds. The number of alkyl halides is 3. The number of hydrogen-bond acceptors (Lipinski definition) is 2. The Kier molecular flexibility index (Phi) is 4.81. The molecular formula is C19H19F3N2O. The van der Waals surface area contributed by atoms with E-state index in [1.807, 2.05) is 30.3 Å². The first-order valence-corrected chi connectivity index (χ1v) is 8.15. The lowest BCUT2D eigenvalue weighted by Gasteiger charge is -2.17. The molecule has 3 nitrogen and oxygen atoms in total. The minimum atomic E-state index is -4.48. The van der Waals surface area contributed by atoms with Crippen LogP contribution in [0.3, 0.4) is 0 Å². The number of nitrogens with one attached hydrogen (secondary N) is 1. The monoisotopic (exact) mass is 348 g/mol. The van der Waals surface area contributed by atoms with Gasteiger partial charge in [0, 0.05) is 6.54 Å². The molecule has 0 heterocycles. The van der Waals surface area contributed by atoms with Gasteiger partial charge in [0.15, 0.2) is 0 Å². The maximum atomic E-state index is 13.3. The second kappa shape index (κ2) is 6.88. The second-order valence-electron chi connectivity index (χ2n) is 6.32. The minimum Gasteiger partial charge on any atom is -0.351 e. The van der Waals surface area contributed by atoms with E-state index in [1.165, 1.54) is 12.1 Å². The first kappa shape index (κ1) is 17.5. The van der Waals surface area contributed by atoms with Crippen LogP contribution in [0.25, 0.3) is 11.1 Å². The summed E-state index contributed by atoms with van der Waals surface area (Å²) in [4.78, 5) is 12.0. The molecule has 0 bridgehead atoms. The van der Waals surface area contributed by atoms with E-state index < -0.39 is 23.7 Å². The molecule has 0 spiro atoms. The van der Waals surface area contributed by atoms with Gasteiger partial charge in [-0.2, -0.15) is 13.2 Å². The number of benzene rings is 2. The van der Waals surface area contributed by atoms with Crippen molar-refractivity contribution in [3.8, 4) is 11.1 Å². The Hall–Kier alpha value is -2.34. The van der Waals surface area contributed by atoms with E-state index in [9.17, 15) is 18.0 Å². The molecule has 1 fully saturated rings. The van der Waals surface area contributed by atoms with Crippen molar-refractivity contribution in [2.45, 2.75) is 31.6 Å². The number of carbonyl (C=O) groups excluding carboxylic acids is 1. The lowest BCUT2D eigenvalue weighted by atomic mass is 9.98. The predicted octanol–water partition coefficient (Wildman–Crippen LogP) is 3.73. The van der Waals surface area contributed by atoms with Gasteiger partial charge < -0.3 is 11.1 Å². The highest BCUT2D eigenvalue weighted by molar-refractivity contribution is 5.82. The average molecular weight is 348 g/mol. The largest absolute Gasteiger partial charge is 0.416 e. The number of hydrogen-bond donors (Lipinski definition) is 2. The van der Waals surface area contributed by atoms with Crippen LogP contribution in [0.2, 0.25) is 0 Å². The Labute approximate surface area is 144 Å². The van der Waals surface area contributed by atoms with Crippen LogP contribution in [0.5, 0.6) is 0 Å². The van der Waals surface area contributed by atoms with Crippen LogP contribution >= 0.6 is 0 Å². The molecule has 1 unspecified atom stereocenters. The number of rotatable bonds is 5. The summed E-state index contributed by atoms with van der Waals surface area (Å²) in [5.74, 6) is -0.251. The van der Waals surface area contributed by atoms with Gasteiger partial charge in [-0.25, -0.2) is 0 Å². The third kappa shape index (κ3) is 4.20. The Bertz CT molecular complexity index is 755. The van der Waals surface area contributed by atoms with Gasteiger partial charge in [0.2, 0.25) is 5.91 Å². The van der Waals surface area contributed by atoms with Crippen LogP contribution in [0, 0.1) is 5.92 Å². The van der Waals surface area contributed by atoms with Gasteiger partial charge in [-0.05, 0) is 47.6 Å². The van der Waals surface area contributed by atoms with Gasteiger partial charge in [0.1, 0.15) is 0 Å². The SMILES string of the molecule is NC(C(=O)NCc1cc(-c2ccccc2)ccc1C(F)(F)F)C1CC1. The summed E-state index contributed by atoms with van der Waals surface area (Å²) in [6, 6.07) is 12.5. The molecule has 0 aliphatic heterocycles. The first-order valence-electron chi connectivity index (χ1n) is 8.15. The van der Waals surface area contributed by atoms with Crippen molar-refractivity contribution in [2.24, 2.45) is 11.7 Å². The molecular weight excluding hydrogens is 329 g/mol. The van der Waals surface area contributed by atoms with E-state index in [0.29, 0.717) is 5.56 Å². The second-order valence-corrected chi connectivity index (χ2v) is 6.32. The molecule has 3 rings (SSSR count). The van der Waals surface area contributed by atoms with Gasteiger partial charge >= 0.3 is 6.18 Å². The standard InChI is InChI=1S/C19H19F3N2O/c20-19(21,22)16-9-8-14(12-4-2-1-3-5-12)10-15(16)11-24-18(25)17(23)13-6-7-13/h1-5,8-10,13,17H,6-7,11,23H2,(H,24,25). The highest BCUT2D eigenvalue weighted by Crippen LogP contribution is 2.35. The molecule has 0 saturated heterocycles. The normalized spacial score (nSPS) is 15.7. The van der Waals surface area contributed by atoms with Crippen LogP contribution in [-0.2, 0) is 17.5 Å². The third-order valence-electron chi connectivity index (χ3n) is 4.40. The molecule has 25 heavy (non-hydrogen) atoms. The maximum absolute atomic E-state index is 13.3. The van der Waals surface area contributed by atoms with E-state index in [-0.39, 0.29) is 18.0 Å². The molecule has 1 aliphatic rings. The zero-order chi connectivity index (χ0) is 18.0. The molecule has 2 aromatic rings. The molecule has 1 saturated carbocycles. The highest BCUT2D eigenvalue weighted by atomic mass is 19.4. The van der Waals surface area contributed by atoms with Crippen molar-refractivity contribution in [1.29, 1.82) is 0 Å². The summed E-state index contributed by atoms with van der Waals surface area (Å²) < 4.78 is 39.8. The minimum absolute atomic E-state index is 0.0326. The summed E-state index contributed by atoms with van der Waals surface area (Å²) in [6.07, 6.45) is -2.69. The van der Waals surface area contributed by atoms with Gasteiger partial charge in [-0.3, -0.25) is 4.79 Å². The van der Waals surface area contributed by atoms with E-state index in [1.54, 1.807) is 0 Å². The molecule has 6 heteroatoms. The Balaban J connectivity index is 1.84. The van der Waals surface area contributed by atoms with Crippen molar-refractivity contribution in [2.75, 3.05) is 0 Å². The molecule has 0 radical (unpaired) electrons. The fraction of sp³-hybridized carbons (Fsp3) is 0.316. The smallest absolute Gasteiger partial charge is 0.351 e. The highest BCUT2D eigenvalue weighted by Gasteiger charge is 2.35. The maximum Gasteiger partial charge on any atom is 0.416 e. The van der Waals surface area contributed by atoms with Gasteiger partial charge in [0.05, 0.1) is 11.6 Å². The Morgan fingerprint density at radius 2 is 1.80 bits per heavy atom. The van der Waals surface area contributed by atoms with Crippen LogP contribution in [0.4, 0.5) is 13.2 Å². The molecule has 132 valence electrons. The lowest BCUT2D eigenvalue weighted by Crippen LogP contribution is -2.41. The number of amides is 1. The van der Waals surface area contributed by atoms with Gasteiger partial charge in [0.25, 0.3) is 0 Å². The summed E-state index contributed by atoms with van der Waals surface area (Å²) >= 11 is 0. The number of carbonyl (C=O) groups is 1. The van der Waals surface area contributed by atoms with Crippen LogP contribution < -0.4 is 11.1 Å². The molecule has 1 atom stereocenters. The van der Waals surface area contributed by atoms with Crippen molar-refractivity contribution < 1.29 is 18.0 Å². The van der Waals surface area contributed by atoms with E-state index >= 15 is 0 Å². The molecule has 1 aliphatic carbocycles. The molecule has 0 aromatic heterocycles.